The molecule has 20 heavy (non-hydrogen) atoms. The van der Waals surface area contributed by atoms with E-state index < -0.39 is 0 Å². The third-order valence-electron chi connectivity index (χ3n) is 3.80. The monoisotopic (exact) mass is 296 g/mol. The highest BCUT2D eigenvalue weighted by atomic mass is 32.1. The van der Waals surface area contributed by atoms with Crippen LogP contribution >= 0.6 is 11.5 Å². The maximum Gasteiger partial charge on any atom is 0.267 e. The molecule has 1 aromatic rings. The van der Waals surface area contributed by atoms with E-state index in [4.69, 9.17) is 0 Å². The topological polar surface area (TPSA) is 58.1 Å². The van der Waals surface area contributed by atoms with E-state index in [2.05, 4.69) is 28.8 Å². The Balaban J connectivity index is 2.09. The van der Waals surface area contributed by atoms with Gasteiger partial charge in [0.1, 0.15) is 4.88 Å². The molecule has 0 saturated carbocycles. The Morgan fingerprint density at radius 1 is 1.50 bits per heavy atom. The Bertz CT molecular complexity index is 440. The molecule has 0 radical (unpaired) electrons. The molecule has 1 unspecified atom stereocenters. The number of aromatic nitrogens is 2. The fraction of sp³-hybridized carbons (Fsp3) is 0.786. The smallest absolute Gasteiger partial charge is 0.267 e. The molecule has 2 heterocycles. The number of aryl methyl sites for hydroxylation is 1. The molecule has 1 aromatic heterocycles. The number of hydrogen-bond acceptors (Lipinski definition) is 5. The second-order valence-electron chi connectivity index (χ2n) is 5.60. The van der Waals surface area contributed by atoms with Crippen LogP contribution in [0.25, 0.3) is 0 Å². The van der Waals surface area contributed by atoms with Gasteiger partial charge in [0.05, 0.1) is 5.69 Å². The molecule has 1 saturated heterocycles. The maximum absolute atomic E-state index is 12.7. The average Bonchev–Trinajstić information content (AvgIpc) is 2.93. The molecule has 2 rings (SSSR count). The van der Waals surface area contributed by atoms with Gasteiger partial charge in [0.15, 0.2) is 0 Å². The summed E-state index contributed by atoms with van der Waals surface area (Å²) in [5, 5.41) is 7.56. The van der Waals surface area contributed by atoms with E-state index >= 15 is 0 Å². The second kappa shape index (κ2) is 7.13. The summed E-state index contributed by atoms with van der Waals surface area (Å²) >= 11 is 1.22. The minimum Gasteiger partial charge on any atom is -0.334 e. The fourth-order valence-electron chi connectivity index (χ4n) is 2.58. The number of amides is 1. The van der Waals surface area contributed by atoms with E-state index in [1.54, 1.807) is 0 Å². The third-order valence-corrected chi connectivity index (χ3v) is 4.55. The van der Waals surface area contributed by atoms with Crippen molar-refractivity contribution in [3.63, 3.8) is 0 Å². The molecule has 112 valence electrons. The predicted molar refractivity (Wildman–Crippen MR) is 81.1 cm³/mol. The molecular formula is C14H24N4OS. The number of nitrogens with one attached hydrogen (secondary N) is 1. The number of nitrogens with zero attached hydrogens (tertiary/aromatic N) is 3. The highest BCUT2D eigenvalue weighted by Gasteiger charge is 2.26. The molecule has 6 heteroatoms. The number of rotatable bonds is 5. The Morgan fingerprint density at radius 3 is 2.90 bits per heavy atom. The zero-order valence-electron chi connectivity index (χ0n) is 12.6. The van der Waals surface area contributed by atoms with Crippen molar-refractivity contribution in [2.24, 2.45) is 0 Å². The van der Waals surface area contributed by atoms with Crippen molar-refractivity contribution in [2.45, 2.75) is 58.5 Å². The number of carbonyl (C=O) groups excluding carboxylic acids is 1. The van der Waals surface area contributed by atoms with E-state index in [0.29, 0.717) is 10.9 Å². The lowest BCUT2D eigenvalue weighted by atomic mass is 10.0. The molecule has 1 N–H and O–H groups in total. The van der Waals surface area contributed by atoms with E-state index in [-0.39, 0.29) is 11.9 Å². The van der Waals surface area contributed by atoms with Crippen molar-refractivity contribution >= 4 is 17.4 Å². The van der Waals surface area contributed by atoms with Crippen molar-refractivity contribution < 1.29 is 4.79 Å². The lowest BCUT2D eigenvalue weighted by Crippen LogP contribution is -2.48. The highest BCUT2D eigenvalue weighted by molar-refractivity contribution is 7.08. The Morgan fingerprint density at radius 2 is 2.30 bits per heavy atom. The summed E-state index contributed by atoms with van der Waals surface area (Å²) in [5.41, 5.74) is 0.822. The first-order valence-corrected chi connectivity index (χ1v) is 8.26. The molecule has 0 bridgehead atoms. The van der Waals surface area contributed by atoms with Gasteiger partial charge in [-0.3, -0.25) is 4.79 Å². The number of hydrogen-bond donors (Lipinski definition) is 1. The van der Waals surface area contributed by atoms with Gasteiger partial charge in [-0.2, -0.15) is 0 Å². The molecule has 1 aliphatic rings. The van der Waals surface area contributed by atoms with Gasteiger partial charge < -0.3 is 10.2 Å². The van der Waals surface area contributed by atoms with Crippen molar-refractivity contribution in [2.75, 3.05) is 13.1 Å². The van der Waals surface area contributed by atoms with Gasteiger partial charge >= 0.3 is 0 Å². The summed E-state index contributed by atoms with van der Waals surface area (Å²) in [6.45, 7) is 7.99. The SMILES string of the molecule is CCc1nnsc1C(=O)N(CC1CCCCN1)C(C)C. The number of piperidine rings is 1. The van der Waals surface area contributed by atoms with Gasteiger partial charge in [-0.25, -0.2) is 0 Å². The molecule has 1 amide bonds. The van der Waals surface area contributed by atoms with Crippen LogP contribution < -0.4 is 5.32 Å². The van der Waals surface area contributed by atoms with Crippen LogP contribution in [0.4, 0.5) is 0 Å². The van der Waals surface area contributed by atoms with Crippen molar-refractivity contribution in [3.05, 3.63) is 10.6 Å². The van der Waals surface area contributed by atoms with Gasteiger partial charge in [0.25, 0.3) is 5.91 Å². The molecule has 1 fully saturated rings. The van der Waals surface area contributed by atoms with E-state index in [1.165, 1.54) is 24.4 Å². The Kier molecular flexibility index (Phi) is 5.48. The van der Waals surface area contributed by atoms with E-state index in [9.17, 15) is 4.79 Å². The zero-order chi connectivity index (χ0) is 14.5. The molecule has 0 aromatic carbocycles. The first-order chi connectivity index (χ1) is 9.63. The van der Waals surface area contributed by atoms with Crippen LogP contribution in [-0.2, 0) is 6.42 Å². The van der Waals surface area contributed by atoms with Gasteiger partial charge in [0.2, 0.25) is 0 Å². The minimum absolute atomic E-state index is 0.0826. The molecule has 1 atom stereocenters. The largest absolute Gasteiger partial charge is 0.334 e. The van der Waals surface area contributed by atoms with E-state index in [0.717, 1.165) is 31.6 Å². The first kappa shape index (κ1) is 15.4. The average molecular weight is 296 g/mol. The van der Waals surface area contributed by atoms with Gasteiger partial charge in [-0.1, -0.05) is 17.8 Å². The van der Waals surface area contributed by atoms with Crippen LogP contribution in [0.1, 0.15) is 55.4 Å². The van der Waals surface area contributed by atoms with Crippen LogP contribution in [-0.4, -0.2) is 45.6 Å². The van der Waals surface area contributed by atoms with Crippen LogP contribution in [0.3, 0.4) is 0 Å². The predicted octanol–water partition coefficient (Wildman–Crippen LogP) is 2.09. The number of carbonyl (C=O) groups is 1. The maximum atomic E-state index is 12.7. The summed E-state index contributed by atoms with van der Waals surface area (Å²) in [7, 11) is 0. The Hall–Kier alpha value is -1.01. The molecule has 5 nitrogen and oxygen atoms in total. The standard InChI is InChI=1S/C14H24N4OS/c1-4-12-13(20-17-16-12)14(19)18(10(2)3)9-11-7-5-6-8-15-11/h10-11,15H,4-9H2,1-3H3. The lowest BCUT2D eigenvalue weighted by Gasteiger charge is -2.33. The minimum atomic E-state index is 0.0826. The van der Waals surface area contributed by atoms with Gasteiger partial charge in [-0.05, 0) is 51.2 Å². The Labute approximate surface area is 124 Å². The van der Waals surface area contributed by atoms with Crippen molar-refractivity contribution in [3.8, 4) is 0 Å². The normalized spacial score (nSPS) is 19.3. The van der Waals surface area contributed by atoms with E-state index in [1.807, 2.05) is 11.8 Å². The lowest BCUT2D eigenvalue weighted by molar-refractivity contribution is 0.0680. The van der Waals surface area contributed by atoms with Crippen LogP contribution in [0.2, 0.25) is 0 Å². The molecular weight excluding hydrogens is 272 g/mol. The first-order valence-electron chi connectivity index (χ1n) is 7.49. The zero-order valence-corrected chi connectivity index (χ0v) is 13.4. The molecule has 1 aliphatic heterocycles. The van der Waals surface area contributed by atoms with Gasteiger partial charge in [-0.15, -0.1) is 5.10 Å². The summed E-state index contributed by atoms with van der Waals surface area (Å²) < 4.78 is 3.93. The molecule has 0 spiro atoms. The van der Waals surface area contributed by atoms with Crippen LogP contribution in [0.5, 0.6) is 0 Å². The summed E-state index contributed by atoms with van der Waals surface area (Å²) in [6, 6.07) is 0.610. The summed E-state index contributed by atoms with van der Waals surface area (Å²) in [6.07, 6.45) is 4.40. The second-order valence-corrected chi connectivity index (χ2v) is 6.35. The van der Waals surface area contributed by atoms with Crippen LogP contribution in [0.15, 0.2) is 0 Å². The molecule has 0 aliphatic carbocycles. The van der Waals surface area contributed by atoms with Crippen molar-refractivity contribution in [1.82, 2.24) is 19.8 Å². The summed E-state index contributed by atoms with van der Waals surface area (Å²) in [5.74, 6) is 0.0826. The quantitative estimate of drug-likeness (QED) is 0.904. The fourth-order valence-corrected chi connectivity index (χ4v) is 3.29. The highest BCUT2D eigenvalue weighted by Crippen LogP contribution is 2.18. The summed E-state index contributed by atoms with van der Waals surface area (Å²) in [4.78, 5) is 15.4. The van der Waals surface area contributed by atoms with Crippen molar-refractivity contribution in [1.29, 1.82) is 0 Å². The van der Waals surface area contributed by atoms with Gasteiger partial charge in [0, 0.05) is 18.6 Å². The van der Waals surface area contributed by atoms with Crippen LogP contribution in [0, 0.1) is 0 Å². The third kappa shape index (κ3) is 3.55.